The largest absolute Gasteiger partial charge is 0.495 e. The number of carboxylic acids is 1. The van der Waals surface area contributed by atoms with E-state index in [0.717, 1.165) is 0 Å². The Morgan fingerprint density at radius 3 is 2.90 bits per heavy atom. The first-order valence-corrected chi connectivity index (χ1v) is 6.78. The zero-order valence-corrected chi connectivity index (χ0v) is 11.8. The van der Waals surface area contributed by atoms with E-state index in [1.165, 1.54) is 43.4 Å². The molecular weight excluding hydrogens is 296 g/mol. The predicted octanol–water partition coefficient (Wildman–Crippen LogP) is 1.24. The number of amides is 1. The average molecular weight is 308 g/mol. The summed E-state index contributed by atoms with van der Waals surface area (Å²) >= 11 is 1.18. The standard InChI is InChI=1S/C12H12N4O4S/c1-20-9-3-2-7(11(18)19)4-8(9)15-10(17)5-21-12-13-6-14-16-12/h2-4,6H,5H2,1H3,(H,15,17)(H,18,19)(H,13,14,16). The molecule has 0 radical (unpaired) electrons. The van der Waals surface area contributed by atoms with Gasteiger partial charge >= 0.3 is 5.97 Å². The lowest BCUT2D eigenvalue weighted by Crippen LogP contribution is -2.15. The molecule has 21 heavy (non-hydrogen) atoms. The van der Waals surface area contributed by atoms with Crippen molar-refractivity contribution in [3.05, 3.63) is 30.1 Å². The number of hydrogen-bond acceptors (Lipinski definition) is 6. The van der Waals surface area contributed by atoms with Crippen LogP contribution in [0.5, 0.6) is 5.75 Å². The van der Waals surface area contributed by atoms with Crippen LogP contribution in [0.1, 0.15) is 10.4 Å². The van der Waals surface area contributed by atoms with Gasteiger partial charge in [0.1, 0.15) is 12.1 Å². The Labute approximate surface area is 123 Å². The number of H-pyrrole nitrogens is 1. The fourth-order valence-electron chi connectivity index (χ4n) is 1.52. The summed E-state index contributed by atoms with van der Waals surface area (Å²) in [5.74, 6) is -0.894. The number of carbonyl (C=O) groups is 2. The highest BCUT2D eigenvalue weighted by Crippen LogP contribution is 2.26. The zero-order valence-electron chi connectivity index (χ0n) is 11.0. The number of aromatic nitrogens is 3. The van der Waals surface area contributed by atoms with Crippen LogP contribution in [0.4, 0.5) is 5.69 Å². The van der Waals surface area contributed by atoms with Crippen molar-refractivity contribution in [2.75, 3.05) is 18.2 Å². The summed E-state index contributed by atoms with van der Waals surface area (Å²) < 4.78 is 5.09. The molecule has 0 spiro atoms. The Morgan fingerprint density at radius 2 is 2.29 bits per heavy atom. The van der Waals surface area contributed by atoms with E-state index < -0.39 is 5.97 Å². The van der Waals surface area contributed by atoms with Gasteiger partial charge in [0.25, 0.3) is 0 Å². The smallest absolute Gasteiger partial charge is 0.335 e. The van der Waals surface area contributed by atoms with Crippen molar-refractivity contribution in [3.63, 3.8) is 0 Å². The first-order valence-electron chi connectivity index (χ1n) is 5.79. The molecule has 0 unspecified atom stereocenters. The molecule has 3 N–H and O–H groups in total. The number of methoxy groups -OCH3 is 1. The van der Waals surface area contributed by atoms with Crippen molar-refractivity contribution in [2.24, 2.45) is 0 Å². The number of ether oxygens (including phenoxy) is 1. The van der Waals surface area contributed by atoms with Gasteiger partial charge in [-0.3, -0.25) is 9.89 Å². The Balaban J connectivity index is 2.04. The van der Waals surface area contributed by atoms with Gasteiger partial charge in [-0.1, -0.05) is 11.8 Å². The first kappa shape index (κ1) is 14.9. The summed E-state index contributed by atoms with van der Waals surface area (Å²) in [5, 5.41) is 18.4. The quantitative estimate of drug-likeness (QED) is 0.687. The highest BCUT2D eigenvalue weighted by atomic mass is 32.2. The average Bonchev–Trinajstić information content (AvgIpc) is 2.98. The van der Waals surface area contributed by atoms with Gasteiger partial charge in [-0.15, -0.1) is 0 Å². The van der Waals surface area contributed by atoms with Crippen molar-refractivity contribution in [1.29, 1.82) is 0 Å². The molecule has 0 atom stereocenters. The molecule has 2 rings (SSSR count). The van der Waals surface area contributed by atoms with Gasteiger partial charge in [-0.2, -0.15) is 5.10 Å². The molecule has 0 bridgehead atoms. The summed E-state index contributed by atoms with van der Waals surface area (Å²) in [7, 11) is 1.44. The fraction of sp³-hybridized carbons (Fsp3) is 0.167. The maximum absolute atomic E-state index is 11.9. The maximum atomic E-state index is 11.9. The monoisotopic (exact) mass is 308 g/mol. The molecule has 1 aromatic carbocycles. The molecular formula is C12H12N4O4S. The molecule has 0 fully saturated rings. The molecule has 0 saturated heterocycles. The van der Waals surface area contributed by atoms with Crippen LogP contribution in [0.15, 0.2) is 29.7 Å². The number of carboxylic acid groups (broad SMARTS) is 1. The highest BCUT2D eigenvalue weighted by Gasteiger charge is 2.12. The van der Waals surface area contributed by atoms with Gasteiger partial charge in [0.05, 0.1) is 24.1 Å². The van der Waals surface area contributed by atoms with Crippen molar-refractivity contribution in [2.45, 2.75) is 5.16 Å². The third-order valence-corrected chi connectivity index (χ3v) is 3.33. The van der Waals surface area contributed by atoms with Crippen LogP contribution in [0.3, 0.4) is 0 Å². The summed E-state index contributed by atoms with van der Waals surface area (Å²) in [6.07, 6.45) is 1.35. The van der Waals surface area contributed by atoms with Gasteiger partial charge in [-0.25, -0.2) is 9.78 Å². The predicted molar refractivity (Wildman–Crippen MR) is 75.7 cm³/mol. The number of nitrogens with zero attached hydrogens (tertiary/aromatic N) is 2. The van der Waals surface area contributed by atoms with Crippen LogP contribution in [0.25, 0.3) is 0 Å². The topological polar surface area (TPSA) is 117 Å². The van der Waals surface area contributed by atoms with Crippen LogP contribution in [0.2, 0.25) is 0 Å². The Bertz CT molecular complexity index is 645. The Kier molecular flexibility index (Phi) is 4.77. The molecule has 1 amide bonds. The number of aromatic carboxylic acids is 1. The number of aromatic amines is 1. The summed E-state index contributed by atoms with van der Waals surface area (Å²) in [4.78, 5) is 26.7. The third-order valence-electron chi connectivity index (χ3n) is 2.45. The number of anilines is 1. The summed E-state index contributed by atoms with van der Waals surface area (Å²) in [6, 6.07) is 4.24. The van der Waals surface area contributed by atoms with Crippen molar-refractivity contribution in [1.82, 2.24) is 15.2 Å². The normalized spacial score (nSPS) is 10.1. The third kappa shape index (κ3) is 3.96. The van der Waals surface area contributed by atoms with Crippen molar-refractivity contribution >= 4 is 29.3 Å². The van der Waals surface area contributed by atoms with Gasteiger partial charge < -0.3 is 15.2 Å². The second-order valence-electron chi connectivity index (χ2n) is 3.85. The van der Waals surface area contributed by atoms with Gasteiger partial charge in [0.15, 0.2) is 5.16 Å². The molecule has 9 heteroatoms. The van der Waals surface area contributed by atoms with E-state index in [9.17, 15) is 9.59 Å². The lowest BCUT2D eigenvalue weighted by Gasteiger charge is -2.10. The molecule has 1 heterocycles. The molecule has 2 aromatic rings. The van der Waals surface area contributed by atoms with Crippen molar-refractivity contribution in [3.8, 4) is 5.75 Å². The van der Waals surface area contributed by atoms with E-state index in [4.69, 9.17) is 9.84 Å². The Morgan fingerprint density at radius 1 is 1.48 bits per heavy atom. The van der Waals surface area contributed by atoms with Crippen LogP contribution in [-0.2, 0) is 4.79 Å². The second kappa shape index (κ2) is 6.75. The lowest BCUT2D eigenvalue weighted by atomic mass is 10.2. The van der Waals surface area contributed by atoms with E-state index in [1.54, 1.807) is 0 Å². The van der Waals surface area contributed by atoms with Crippen LogP contribution in [0, 0.1) is 0 Å². The van der Waals surface area contributed by atoms with Gasteiger partial charge in [0.2, 0.25) is 5.91 Å². The number of hydrogen-bond donors (Lipinski definition) is 3. The zero-order chi connectivity index (χ0) is 15.2. The maximum Gasteiger partial charge on any atom is 0.335 e. The number of thioether (sulfide) groups is 1. The van der Waals surface area contributed by atoms with Gasteiger partial charge in [0, 0.05) is 0 Å². The number of benzene rings is 1. The minimum atomic E-state index is -1.08. The number of nitrogens with one attached hydrogen (secondary N) is 2. The summed E-state index contributed by atoms with van der Waals surface area (Å²) in [5.41, 5.74) is 0.370. The molecule has 0 aliphatic rings. The van der Waals surface area contributed by atoms with E-state index >= 15 is 0 Å². The van der Waals surface area contributed by atoms with Crippen LogP contribution < -0.4 is 10.1 Å². The SMILES string of the molecule is COc1ccc(C(=O)O)cc1NC(=O)CSc1ncn[nH]1. The number of rotatable bonds is 6. The second-order valence-corrected chi connectivity index (χ2v) is 4.81. The molecule has 0 aliphatic carbocycles. The van der Waals surface area contributed by atoms with E-state index in [2.05, 4.69) is 20.5 Å². The molecule has 110 valence electrons. The molecule has 1 aromatic heterocycles. The summed E-state index contributed by atoms with van der Waals surface area (Å²) in [6.45, 7) is 0. The lowest BCUT2D eigenvalue weighted by molar-refractivity contribution is -0.113. The first-order chi connectivity index (χ1) is 10.1. The van der Waals surface area contributed by atoms with E-state index in [1.807, 2.05) is 0 Å². The molecule has 0 aliphatic heterocycles. The minimum Gasteiger partial charge on any atom is -0.495 e. The van der Waals surface area contributed by atoms with E-state index in [0.29, 0.717) is 16.6 Å². The fourth-order valence-corrected chi connectivity index (χ4v) is 2.10. The Hall–Kier alpha value is -2.55. The van der Waals surface area contributed by atoms with Crippen molar-refractivity contribution < 1.29 is 19.4 Å². The molecule has 8 nitrogen and oxygen atoms in total. The minimum absolute atomic E-state index is 0.0639. The van der Waals surface area contributed by atoms with Crippen LogP contribution >= 0.6 is 11.8 Å². The van der Waals surface area contributed by atoms with Gasteiger partial charge in [-0.05, 0) is 18.2 Å². The molecule has 0 saturated carbocycles. The highest BCUT2D eigenvalue weighted by molar-refractivity contribution is 7.99. The number of carbonyl (C=O) groups excluding carboxylic acids is 1. The van der Waals surface area contributed by atoms with Crippen LogP contribution in [-0.4, -0.2) is 45.0 Å². The van der Waals surface area contributed by atoms with E-state index in [-0.39, 0.29) is 17.2 Å².